The standard InChI is InChI=1S/C10H9ClO4/c1-14-8-5-6(11)3-4-7(8)9(12)10(13)15-2/h3-5H,1-2H3. The van der Waals surface area contributed by atoms with E-state index in [1.807, 2.05) is 0 Å². The van der Waals surface area contributed by atoms with Gasteiger partial charge in [0.1, 0.15) is 5.75 Å². The lowest BCUT2D eigenvalue weighted by molar-refractivity contribution is -0.135. The Kier molecular flexibility index (Phi) is 3.68. The van der Waals surface area contributed by atoms with Crippen molar-refractivity contribution in [3.05, 3.63) is 28.8 Å². The maximum absolute atomic E-state index is 11.5. The topological polar surface area (TPSA) is 52.6 Å². The minimum absolute atomic E-state index is 0.133. The summed E-state index contributed by atoms with van der Waals surface area (Å²) in [6, 6.07) is 4.37. The number of methoxy groups -OCH3 is 2. The first-order valence-electron chi connectivity index (χ1n) is 4.06. The highest BCUT2D eigenvalue weighted by Crippen LogP contribution is 2.23. The van der Waals surface area contributed by atoms with Gasteiger partial charge in [0.15, 0.2) is 0 Å². The Morgan fingerprint density at radius 3 is 2.47 bits per heavy atom. The third-order valence-corrected chi connectivity index (χ3v) is 2.01. The zero-order chi connectivity index (χ0) is 11.4. The van der Waals surface area contributed by atoms with Crippen LogP contribution in [-0.4, -0.2) is 26.0 Å². The summed E-state index contributed by atoms with van der Waals surface area (Å²) in [7, 11) is 2.53. The van der Waals surface area contributed by atoms with Gasteiger partial charge in [0.25, 0.3) is 5.78 Å². The van der Waals surface area contributed by atoms with Crippen molar-refractivity contribution in [2.24, 2.45) is 0 Å². The number of carbonyl (C=O) groups is 2. The second-order valence-electron chi connectivity index (χ2n) is 2.67. The van der Waals surface area contributed by atoms with Crippen LogP contribution in [0.25, 0.3) is 0 Å². The average molecular weight is 229 g/mol. The van der Waals surface area contributed by atoms with Crippen LogP contribution in [0.4, 0.5) is 0 Å². The highest BCUT2D eigenvalue weighted by Gasteiger charge is 2.20. The number of hydrogen-bond donors (Lipinski definition) is 0. The molecule has 4 nitrogen and oxygen atoms in total. The summed E-state index contributed by atoms with van der Waals surface area (Å²) in [6.45, 7) is 0. The van der Waals surface area contributed by atoms with E-state index < -0.39 is 11.8 Å². The Labute approximate surface area is 91.7 Å². The predicted octanol–water partition coefficient (Wildman–Crippen LogP) is 1.70. The van der Waals surface area contributed by atoms with E-state index in [4.69, 9.17) is 16.3 Å². The third-order valence-electron chi connectivity index (χ3n) is 1.78. The summed E-state index contributed by atoms with van der Waals surface area (Å²) in [5, 5.41) is 0.424. The average Bonchev–Trinajstić information content (AvgIpc) is 2.26. The molecule has 1 rings (SSSR count). The van der Waals surface area contributed by atoms with Crippen molar-refractivity contribution in [2.75, 3.05) is 14.2 Å². The van der Waals surface area contributed by atoms with Crippen molar-refractivity contribution < 1.29 is 19.1 Å². The molecule has 0 bridgehead atoms. The van der Waals surface area contributed by atoms with Crippen molar-refractivity contribution in [3.8, 4) is 5.75 Å². The third kappa shape index (κ3) is 2.47. The van der Waals surface area contributed by atoms with Crippen LogP contribution in [0.1, 0.15) is 10.4 Å². The summed E-state index contributed by atoms with van der Waals surface area (Å²) in [6.07, 6.45) is 0. The summed E-state index contributed by atoms with van der Waals surface area (Å²) in [5.41, 5.74) is 0.133. The minimum atomic E-state index is -0.935. The maximum Gasteiger partial charge on any atom is 0.379 e. The molecule has 0 radical (unpaired) electrons. The number of rotatable bonds is 3. The second-order valence-corrected chi connectivity index (χ2v) is 3.10. The van der Waals surface area contributed by atoms with Gasteiger partial charge in [-0.1, -0.05) is 11.6 Å². The number of carbonyl (C=O) groups excluding carboxylic acids is 2. The van der Waals surface area contributed by atoms with Gasteiger partial charge in [-0.3, -0.25) is 4.79 Å². The van der Waals surface area contributed by atoms with E-state index in [9.17, 15) is 9.59 Å². The molecule has 0 atom stereocenters. The SMILES string of the molecule is COC(=O)C(=O)c1ccc(Cl)cc1OC. The van der Waals surface area contributed by atoms with Crippen molar-refractivity contribution in [1.29, 1.82) is 0 Å². The van der Waals surface area contributed by atoms with Gasteiger partial charge in [-0.25, -0.2) is 4.79 Å². The van der Waals surface area contributed by atoms with Gasteiger partial charge in [-0.05, 0) is 18.2 Å². The van der Waals surface area contributed by atoms with Crippen LogP contribution < -0.4 is 4.74 Å². The van der Waals surface area contributed by atoms with Crippen molar-refractivity contribution in [3.63, 3.8) is 0 Å². The molecule has 0 aliphatic heterocycles. The molecule has 0 saturated heterocycles. The molecule has 80 valence electrons. The number of benzene rings is 1. The monoisotopic (exact) mass is 228 g/mol. The minimum Gasteiger partial charge on any atom is -0.496 e. The predicted molar refractivity (Wildman–Crippen MR) is 54.4 cm³/mol. The highest BCUT2D eigenvalue weighted by atomic mass is 35.5. The fourth-order valence-corrected chi connectivity index (χ4v) is 1.22. The van der Waals surface area contributed by atoms with Crippen LogP contribution in [-0.2, 0) is 9.53 Å². The molecule has 0 aliphatic rings. The van der Waals surface area contributed by atoms with Crippen LogP contribution >= 0.6 is 11.6 Å². The highest BCUT2D eigenvalue weighted by molar-refractivity contribution is 6.41. The van der Waals surface area contributed by atoms with Gasteiger partial charge in [0, 0.05) is 5.02 Å². The van der Waals surface area contributed by atoms with E-state index in [1.54, 1.807) is 0 Å². The van der Waals surface area contributed by atoms with Gasteiger partial charge in [0.2, 0.25) is 0 Å². The molecule has 0 fully saturated rings. The number of ether oxygens (including phenoxy) is 2. The summed E-state index contributed by atoms with van der Waals surface area (Å²) < 4.78 is 9.25. The van der Waals surface area contributed by atoms with Gasteiger partial charge in [-0.15, -0.1) is 0 Å². The lowest BCUT2D eigenvalue weighted by Crippen LogP contribution is -2.16. The van der Waals surface area contributed by atoms with E-state index in [0.29, 0.717) is 5.02 Å². The lowest BCUT2D eigenvalue weighted by Gasteiger charge is -2.06. The largest absolute Gasteiger partial charge is 0.496 e. The molecule has 0 aliphatic carbocycles. The van der Waals surface area contributed by atoms with Gasteiger partial charge in [0.05, 0.1) is 19.8 Å². The molecule has 0 aromatic heterocycles. The van der Waals surface area contributed by atoms with Crippen molar-refractivity contribution >= 4 is 23.4 Å². The summed E-state index contributed by atoms with van der Waals surface area (Å²) in [4.78, 5) is 22.5. The molecular weight excluding hydrogens is 220 g/mol. The molecule has 0 unspecified atom stereocenters. The quantitative estimate of drug-likeness (QED) is 0.449. The molecule has 15 heavy (non-hydrogen) atoms. The molecule has 5 heteroatoms. The fraction of sp³-hybridized carbons (Fsp3) is 0.200. The zero-order valence-electron chi connectivity index (χ0n) is 8.24. The van der Waals surface area contributed by atoms with E-state index in [1.165, 1.54) is 25.3 Å². The van der Waals surface area contributed by atoms with Crippen molar-refractivity contribution in [1.82, 2.24) is 0 Å². The van der Waals surface area contributed by atoms with E-state index in [0.717, 1.165) is 7.11 Å². The first-order valence-corrected chi connectivity index (χ1v) is 4.44. The van der Waals surface area contributed by atoms with Gasteiger partial charge < -0.3 is 9.47 Å². The number of Topliss-reactive ketones (excluding diaryl/α,β-unsaturated/α-hetero) is 1. The van der Waals surface area contributed by atoms with Crippen LogP contribution in [0.5, 0.6) is 5.75 Å². The van der Waals surface area contributed by atoms with E-state index in [-0.39, 0.29) is 11.3 Å². The normalized spacial score (nSPS) is 9.53. The van der Waals surface area contributed by atoms with Crippen LogP contribution in [0.3, 0.4) is 0 Å². The Balaban J connectivity index is 3.14. The first-order chi connectivity index (χ1) is 7.10. The van der Waals surface area contributed by atoms with E-state index >= 15 is 0 Å². The number of halogens is 1. The molecular formula is C10H9ClO4. The maximum atomic E-state index is 11.5. The second kappa shape index (κ2) is 4.79. The smallest absolute Gasteiger partial charge is 0.379 e. The van der Waals surface area contributed by atoms with Crippen LogP contribution in [0.2, 0.25) is 5.02 Å². The number of hydrogen-bond acceptors (Lipinski definition) is 4. The molecule has 0 amide bonds. The van der Waals surface area contributed by atoms with Gasteiger partial charge in [-0.2, -0.15) is 0 Å². The Morgan fingerprint density at radius 2 is 1.93 bits per heavy atom. The molecule has 0 spiro atoms. The van der Waals surface area contributed by atoms with Crippen LogP contribution in [0.15, 0.2) is 18.2 Å². The Morgan fingerprint density at radius 1 is 1.27 bits per heavy atom. The zero-order valence-corrected chi connectivity index (χ0v) is 9.00. The number of esters is 1. The fourth-order valence-electron chi connectivity index (χ4n) is 1.06. The summed E-state index contributed by atoms with van der Waals surface area (Å²) in [5.74, 6) is -1.44. The molecule has 0 saturated carbocycles. The first kappa shape index (κ1) is 11.5. The Bertz CT molecular complexity index is 400. The molecule has 1 aromatic carbocycles. The van der Waals surface area contributed by atoms with Crippen molar-refractivity contribution in [2.45, 2.75) is 0 Å². The Hall–Kier alpha value is -1.55. The molecule has 0 N–H and O–H groups in total. The van der Waals surface area contributed by atoms with Gasteiger partial charge >= 0.3 is 5.97 Å². The molecule has 0 heterocycles. The molecule has 1 aromatic rings. The van der Waals surface area contributed by atoms with Crippen LogP contribution in [0, 0.1) is 0 Å². The lowest BCUT2D eigenvalue weighted by atomic mass is 10.1. The summed E-state index contributed by atoms with van der Waals surface area (Å²) >= 11 is 5.71. The van der Waals surface area contributed by atoms with E-state index in [2.05, 4.69) is 4.74 Å². The number of ketones is 1.